The standard InChI is InChI=1S/C41H42N7O9P/c1-27(2)38(49)46-40-45-37-36(39(47-40)53-22-8-20-42)44-26-48(37)35-24-33(57-58(50)55-23-9-21-43)34(56-35)25-54-41(28-10-6-5-7-11-28,29-12-16-31(51-3)17-13-29)30-14-18-32(52-4)19-15-30/h5-7,10-19,26-27,33-35H,8-9,22-25H2,1-4H3/p+1/t33-,34+,35+/m0/s1. The van der Waals surface area contributed by atoms with E-state index in [1.807, 2.05) is 91.0 Å². The number of ether oxygens (including phenoxy) is 5. The molecule has 0 aliphatic carbocycles. The van der Waals surface area contributed by atoms with Crippen LogP contribution in [0.3, 0.4) is 0 Å². The van der Waals surface area contributed by atoms with Gasteiger partial charge in [0.2, 0.25) is 17.7 Å². The Labute approximate surface area is 336 Å². The topological polar surface area (TPSA) is 202 Å². The first-order chi connectivity index (χ1) is 28.2. The maximum Gasteiger partial charge on any atom is 0.697 e. The van der Waals surface area contributed by atoms with E-state index < -0.39 is 32.3 Å². The van der Waals surface area contributed by atoms with Gasteiger partial charge in [0, 0.05) is 16.9 Å². The largest absolute Gasteiger partial charge is 0.697 e. The van der Waals surface area contributed by atoms with Gasteiger partial charge in [0.05, 0.1) is 52.1 Å². The van der Waals surface area contributed by atoms with Crippen LogP contribution >= 0.6 is 8.25 Å². The van der Waals surface area contributed by atoms with Gasteiger partial charge in [-0.3, -0.25) is 14.7 Å². The molecule has 3 aromatic carbocycles. The van der Waals surface area contributed by atoms with Crippen LogP contribution in [0.25, 0.3) is 11.2 Å². The molecule has 1 saturated heterocycles. The lowest BCUT2D eigenvalue weighted by Gasteiger charge is -2.37. The highest BCUT2D eigenvalue weighted by molar-refractivity contribution is 7.33. The van der Waals surface area contributed by atoms with Gasteiger partial charge >= 0.3 is 8.25 Å². The number of rotatable bonds is 19. The second-order valence-corrected chi connectivity index (χ2v) is 14.3. The quantitative estimate of drug-likeness (QED) is 0.0507. The average molecular weight is 809 g/mol. The van der Waals surface area contributed by atoms with E-state index >= 15 is 0 Å². The van der Waals surface area contributed by atoms with Crippen molar-refractivity contribution < 1.29 is 42.1 Å². The van der Waals surface area contributed by atoms with E-state index in [1.165, 1.54) is 6.33 Å². The van der Waals surface area contributed by atoms with Crippen LogP contribution in [0.15, 0.2) is 85.2 Å². The molecule has 6 rings (SSSR count). The third-order valence-electron chi connectivity index (χ3n) is 9.36. The molecule has 16 nitrogen and oxygen atoms in total. The van der Waals surface area contributed by atoms with Crippen LogP contribution in [0.1, 0.15) is 56.0 Å². The molecule has 1 amide bonds. The molecule has 0 spiro atoms. The Balaban J connectivity index is 1.40. The molecule has 0 radical (unpaired) electrons. The van der Waals surface area contributed by atoms with Crippen molar-refractivity contribution in [2.45, 2.75) is 57.1 Å². The Kier molecular flexibility index (Phi) is 13.9. The molecule has 3 heterocycles. The number of methoxy groups -OCH3 is 2. The summed E-state index contributed by atoms with van der Waals surface area (Å²) in [5, 5.41) is 20.8. The number of anilines is 1. The lowest BCUT2D eigenvalue weighted by Crippen LogP contribution is -2.38. The minimum absolute atomic E-state index is 0.0220. The number of nitrogens with zero attached hydrogens (tertiary/aromatic N) is 6. The fourth-order valence-corrected chi connectivity index (χ4v) is 7.17. The third-order valence-corrected chi connectivity index (χ3v) is 10.2. The molecule has 1 aliphatic rings. The van der Waals surface area contributed by atoms with Crippen molar-refractivity contribution in [2.24, 2.45) is 5.92 Å². The van der Waals surface area contributed by atoms with Crippen LogP contribution in [0.2, 0.25) is 0 Å². The number of carbonyl (C=O) groups excluding carboxylic acids is 1. The molecule has 2 aromatic heterocycles. The van der Waals surface area contributed by atoms with Gasteiger partial charge in [0.1, 0.15) is 48.7 Å². The van der Waals surface area contributed by atoms with Crippen LogP contribution in [0, 0.1) is 28.6 Å². The molecule has 0 bridgehead atoms. The molecule has 58 heavy (non-hydrogen) atoms. The lowest BCUT2D eigenvalue weighted by molar-refractivity contribution is -0.118. The fraction of sp³-hybridized carbons (Fsp3) is 0.366. The zero-order chi connectivity index (χ0) is 41.1. The minimum atomic E-state index is -2.67. The molecule has 1 fully saturated rings. The number of nitriles is 2. The monoisotopic (exact) mass is 808 g/mol. The maximum atomic E-state index is 13.1. The molecule has 1 unspecified atom stereocenters. The number of fused-ring (bicyclic) bond motifs is 1. The summed E-state index contributed by atoms with van der Waals surface area (Å²) in [6.07, 6.45) is -0.710. The lowest BCUT2D eigenvalue weighted by atomic mass is 9.80. The first kappa shape index (κ1) is 41.6. The summed E-state index contributed by atoms with van der Waals surface area (Å²) in [5.74, 6) is 0.707. The summed E-state index contributed by atoms with van der Waals surface area (Å²) in [7, 11) is 0.534. The fourth-order valence-electron chi connectivity index (χ4n) is 6.43. The van der Waals surface area contributed by atoms with Crippen LogP contribution in [-0.2, 0) is 33.5 Å². The number of aromatic nitrogens is 4. The molecule has 300 valence electrons. The van der Waals surface area contributed by atoms with Crippen molar-refractivity contribution in [1.82, 2.24) is 19.5 Å². The van der Waals surface area contributed by atoms with E-state index in [1.54, 1.807) is 32.6 Å². The van der Waals surface area contributed by atoms with Crippen LogP contribution < -0.4 is 19.5 Å². The third kappa shape index (κ3) is 9.40. The summed E-state index contributed by atoms with van der Waals surface area (Å²) >= 11 is 0. The predicted molar refractivity (Wildman–Crippen MR) is 210 cm³/mol. The van der Waals surface area contributed by atoms with Crippen molar-refractivity contribution in [2.75, 3.05) is 39.4 Å². The second-order valence-electron chi connectivity index (χ2n) is 13.4. The number of imidazole rings is 1. The number of amides is 1. The zero-order valence-electron chi connectivity index (χ0n) is 32.4. The Morgan fingerprint density at radius 1 is 0.931 bits per heavy atom. The smallest absolute Gasteiger partial charge is 0.497 e. The molecule has 0 saturated carbocycles. The van der Waals surface area contributed by atoms with E-state index in [2.05, 4.69) is 20.3 Å². The zero-order valence-corrected chi connectivity index (χ0v) is 33.3. The van der Waals surface area contributed by atoms with Crippen LogP contribution in [0.4, 0.5) is 5.95 Å². The Bertz CT molecular complexity index is 2210. The molecule has 1 aliphatic heterocycles. The predicted octanol–water partition coefficient (Wildman–Crippen LogP) is 7.00. The van der Waals surface area contributed by atoms with Crippen molar-refractivity contribution in [3.63, 3.8) is 0 Å². The van der Waals surface area contributed by atoms with E-state index in [0.29, 0.717) is 11.5 Å². The molecule has 4 atom stereocenters. The van der Waals surface area contributed by atoms with Gasteiger partial charge in [-0.25, -0.2) is 4.98 Å². The number of hydrogen-bond acceptors (Lipinski definition) is 14. The Morgan fingerprint density at radius 3 is 2.16 bits per heavy atom. The normalized spacial score (nSPS) is 16.7. The van der Waals surface area contributed by atoms with Crippen molar-refractivity contribution in [1.29, 1.82) is 10.5 Å². The first-order valence-corrected chi connectivity index (χ1v) is 19.6. The summed E-state index contributed by atoms with van der Waals surface area (Å²) in [6, 6.07) is 28.9. The highest BCUT2D eigenvalue weighted by Gasteiger charge is 2.46. The van der Waals surface area contributed by atoms with E-state index in [9.17, 15) is 9.36 Å². The molecular formula is C41H43N7O9P+. The van der Waals surface area contributed by atoms with Gasteiger partial charge in [-0.2, -0.15) is 20.5 Å². The van der Waals surface area contributed by atoms with Gasteiger partial charge in [0.15, 0.2) is 11.2 Å². The van der Waals surface area contributed by atoms with E-state index in [-0.39, 0.29) is 73.9 Å². The van der Waals surface area contributed by atoms with Gasteiger partial charge < -0.3 is 23.7 Å². The number of nitrogens with one attached hydrogen (secondary N) is 1. The highest BCUT2D eigenvalue weighted by atomic mass is 31.1. The summed E-state index contributed by atoms with van der Waals surface area (Å²) in [4.78, 5) is 26.2. The van der Waals surface area contributed by atoms with Crippen LogP contribution in [-0.4, -0.2) is 71.7 Å². The first-order valence-electron chi connectivity index (χ1n) is 18.5. The molecule has 1 N–H and O–H groups in total. The van der Waals surface area contributed by atoms with Crippen molar-refractivity contribution >= 4 is 31.3 Å². The van der Waals surface area contributed by atoms with Gasteiger partial charge in [0.25, 0.3) is 0 Å². The summed E-state index contributed by atoms with van der Waals surface area (Å²) < 4.78 is 56.8. The summed E-state index contributed by atoms with van der Waals surface area (Å²) in [5.41, 5.74) is 1.75. The Morgan fingerprint density at radius 2 is 1.55 bits per heavy atom. The minimum Gasteiger partial charge on any atom is -0.497 e. The molecule has 5 aromatic rings. The van der Waals surface area contributed by atoms with Gasteiger partial charge in [-0.15, -0.1) is 9.05 Å². The van der Waals surface area contributed by atoms with Gasteiger partial charge in [-0.1, -0.05) is 68.4 Å². The highest BCUT2D eigenvalue weighted by Crippen LogP contribution is 2.44. The SMILES string of the molecule is COc1ccc(C(OC[C@H]2O[C@@H](n3cnc4c(OCCC#N)nc(NC(=O)C(C)C)nc43)C[C@@H]2O[P+](=O)OCCC#N)(c2ccccc2)c2ccc(OC)cc2)cc1. The summed E-state index contributed by atoms with van der Waals surface area (Å²) in [6.45, 7) is 3.35. The Hall–Kier alpha value is -6.00. The van der Waals surface area contributed by atoms with Crippen LogP contribution in [0.5, 0.6) is 17.4 Å². The van der Waals surface area contributed by atoms with Gasteiger partial charge in [-0.05, 0) is 41.0 Å². The molecular weight excluding hydrogens is 765 g/mol. The number of benzene rings is 3. The van der Waals surface area contributed by atoms with Crippen molar-refractivity contribution in [3.8, 4) is 29.5 Å². The van der Waals surface area contributed by atoms with E-state index in [4.69, 9.17) is 43.3 Å². The van der Waals surface area contributed by atoms with Crippen molar-refractivity contribution in [3.05, 3.63) is 102 Å². The number of carbonyl (C=O) groups is 1. The second kappa shape index (κ2) is 19.4. The van der Waals surface area contributed by atoms with E-state index in [0.717, 1.165) is 16.7 Å². The average Bonchev–Trinajstić information content (AvgIpc) is 3.85. The molecule has 17 heteroatoms. The number of hydrogen-bond donors (Lipinski definition) is 1. The maximum absolute atomic E-state index is 13.1.